The molecule has 0 unspecified atom stereocenters. The summed E-state index contributed by atoms with van der Waals surface area (Å²) < 4.78 is 19.0. The quantitative estimate of drug-likeness (QED) is 0.366. The number of halogens is 1. The molecule has 6 heteroatoms. The normalized spacial score (nSPS) is 23.6. The maximum atomic E-state index is 6.54. The average molecular weight is 338 g/mol. The van der Waals surface area contributed by atoms with Crippen molar-refractivity contribution >= 4 is 11.8 Å². The fourth-order valence-corrected chi connectivity index (χ4v) is 3.88. The van der Waals surface area contributed by atoms with E-state index < -0.39 is 0 Å². The summed E-state index contributed by atoms with van der Waals surface area (Å²) in [6.45, 7) is 15.1. The van der Waals surface area contributed by atoms with E-state index in [1.54, 1.807) is 7.11 Å². The van der Waals surface area contributed by atoms with Crippen molar-refractivity contribution in [2.24, 2.45) is 0 Å². The van der Waals surface area contributed by atoms with Gasteiger partial charge in [0.05, 0.1) is 64.2 Å². The molecule has 132 valence electrons. The van der Waals surface area contributed by atoms with E-state index in [1.807, 2.05) is 4.42 Å². The van der Waals surface area contributed by atoms with Gasteiger partial charge in [-0.1, -0.05) is 0 Å². The Morgan fingerprint density at radius 1 is 0.909 bits per heavy atom. The number of hydrogen-bond donors (Lipinski definition) is 0. The zero-order valence-electron chi connectivity index (χ0n) is 15.2. The summed E-state index contributed by atoms with van der Waals surface area (Å²) in [7, 11) is 3.97. The third-order valence-corrected chi connectivity index (χ3v) is 5.09. The van der Waals surface area contributed by atoms with Crippen LogP contribution < -0.4 is 0 Å². The molecule has 5 nitrogen and oxygen atoms in total. The molecule has 0 N–H and O–H groups in total. The van der Waals surface area contributed by atoms with Crippen molar-refractivity contribution in [1.29, 1.82) is 0 Å². The molecule has 1 saturated heterocycles. The van der Waals surface area contributed by atoms with Crippen LogP contribution in [0.4, 0.5) is 0 Å². The number of ether oxygens (including phenoxy) is 3. The summed E-state index contributed by atoms with van der Waals surface area (Å²) in [6, 6.07) is 0. The molecule has 22 heavy (non-hydrogen) atoms. The van der Waals surface area contributed by atoms with Gasteiger partial charge in [-0.05, 0) is 39.5 Å². The molecule has 1 aliphatic heterocycles. The summed E-state index contributed by atoms with van der Waals surface area (Å²) in [6.07, 6.45) is 0. The van der Waals surface area contributed by atoms with Crippen LogP contribution in [0.2, 0.25) is 0 Å². The summed E-state index contributed by atoms with van der Waals surface area (Å²) >= 11 is 6.54. The maximum absolute atomic E-state index is 6.54. The van der Waals surface area contributed by atoms with Crippen molar-refractivity contribution in [2.75, 3.05) is 66.8 Å². The minimum Gasteiger partial charge on any atom is -0.382 e. The average Bonchev–Trinajstić information content (AvgIpc) is 2.38. The Morgan fingerprint density at radius 2 is 1.36 bits per heavy atom. The van der Waals surface area contributed by atoms with Crippen LogP contribution in [0, 0.1) is 0 Å². The Morgan fingerprint density at radius 3 is 1.86 bits per heavy atom. The second kappa shape index (κ2) is 8.27. The molecule has 0 bridgehead atoms. The molecule has 0 aromatic rings. The molecule has 0 amide bonds. The fraction of sp³-hybridized carbons (Fsp3) is 1.00. The van der Waals surface area contributed by atoms with Gasteiger partial charge in [-0.25, -0.2) is 0 Å². The van der Waals surface area contributed by atoms with Gasteiger partial charge in [0.2, 0.25) is 0 Å². The first-order valence-corrected chi connectivity index (χ1v) is 8.41. The number of methoxy groups -OCH3 is 1. The SMILES string of the molecule is COCCOCCOCC[N+]1(C)CC(C)(C)N(Cl)C(C)(C)C1. The lowest BCUT2D eigenvalue weighted by Gasteiger charge is -2.55. The summed E-state index contributed by atoms with van der Waals surface area (Å²) in [5.41, 5.74) is -0.0529. The third kappa shape index (κ3) is 5.95. The molecule has 0 aliphatic carbocycles. The summed E-state index contributed by atoms with van der Waals surface area (Å²) in [5.74, 6) is 0. The van der Waals surface area contributed by atoms with Crippen molar-refractivity contribution < 1.29 is 18.7 Å². The fourth-order valence-electron chi connectivity index (χ4n) is 3.77. The van der Waals surface area contributed by atoms with Gasteiger partial charge in [-0.3, -0.25) is 0 Å². The van der Waals surface area contributed by atoms with E-state index in [0.29, 0.717) is 26.4 Å². The molecular formula is C16H34ClN2O3+. The van der Waals surface area contributed by atoms with E-state index in [1.165, 1.54) is 0 Å². The molecule has 1 heterocycles. The topological polar surface area (TPSA) is 30.9 Å². The third-order valence-electron chi connectivity index (χ3n) is 4.18. The van der Waals surface area contributed by atoms with Crippen LogP contribution in [0.1, 0.15) is 27.7 Å². The van der Waals surface area contributed by atoms with Crippen molar-refractivity contribution in [3.05, 3.63) is 0 Å². The van der Waals surface area contributed by atoms with Crippen LogP contribution in [-0.4, -0.2) is 86.8 Å². The predicted octanol–water partition coefficient (Wildman–Crippen LogP) is 2.14. The van der Waals surface area contributed by atoms with E-state index in [9.17, 15) is 0 Å². The first-order chi connectivity index (χ1) is 10.1. The second-order valence-corrected chi connectivity index (χ2v) is 8.12. The Hall–Kier alpha value is 0.0900. The highest BCUT2D eigenvalue weighted by Gasteiger charge is 2.50. The maximum Gasteiger partial charge on any atom is 0.102 e. The highest BCUT2D eigenvalue weighted by atomic mass is 35.5. The monoisotopic (exact) mass is 337 g/mol. The molecular weight excluding hydrogens is 304 g/mol. The van der Waals surface area contributed by atoms with Gasteiger partial charge < -0.3 is 18.7 Å². The Labute approximate surface area is 141 Å². The molecule has 0 aromatic carbocycles. The summed E-state index contributed by atoms with van der Waals surface area (Å²) in [5, 5.41) is 0. The minimum atomic E-state index is -0.0265. The van der Waals surface area contributed by atoms with Gasteiger partial charge >= 0.3 is 0 Å². The van der Waals surface area contributed by atoms with Crippen molar-refractivity contribution in [1.82, 2.24) is 4.42 Å². The number of quaternary nitrogens is 1. The van der Waals surface area contributed by atoms with Crippen molar-refractivity contribution in [2.45, 2.75) is 38.8 Å². The number of piperazine rings is 1. The molecule has 0 saturated carbocycles. The zero-order chi connectivity index (χ0) is 16.9. The number of likely N-dealkylation sites (N-methyl/N-ethyl adjacent to an activating group) is 1. The van der Waals surface area contributed by atoms with Crippen LogP contribution >= 0.6 is 11.8 Å². The van der Waals surface area contributed by atoms with Crippen molar-refractivity contribution in [3.8, 4) is 0 Å². The standard InChI is InChI=1S/C16H34ClN2O3/c1-15(2)13-19(5,14-16(3,4)18(15)17)7-8-21-11-12-22-10-9-20-6/h7-14H2,1-6H3/q+1. The highest BCUT2D eigenvalue weighted by Crippen LogP contribution is 2.36. The number of hydrogen-bond acceptors (Lipinski definition) is 4. The molecule has 0 radical (unpaired) electrons. The van der Waals surface area contributed by atoms with Crippen LogP contribution in [0.25, 0.3) is 0 Å². The predicted molar refractivity (Wildman–Crippen MR) is 90.1 cm³/mol. The lowest BCUT2D eigenvalue weighted by Crippen LogP contribution is -2.71. The van der Waals surface area contributed by atoms with Gasteiger partial charge in [-0.15, -0.1) is 0 Å². The Kier molecular flexibility index (Phi) is 7.57. The lowest BCUT2D eigenvalue weighted by atomic mass is 9.89. The van der Waals surface area contributed by atoms with Gasteiger partial charge in [0.15, 0.2) is 0 Å². The first kappa shape index (κ1) is 20.1. The van der Waals surface area contributed by atoms with E-state index in [4.69, 9.17) is 26.0 Å². The molecule has 0 atom stereocenters. The highest BCUT2D eigenvalue weighted by molar-refractivity contribution is 6.14. The van der Waals surface area contributed by atoms with E-state index in [-0.39, 0.29) is 11.1 Å². The largest absolute Gasteiger partial charge is 0.382 e. The van der Waals surface area contributed by atoms with Crippen LogP contribution in [0.5, 0.6) is 0 Å². The van der Waals surface area contributed by atoms with Crippen molar-refractivity contribution in [3.63, 3.8) is 0 Å². The number of nitrogens with zero attached hydrogens (tertiary/aromatic N) is 2. The van der Waals surface area contributed by atoms with E-state index in [0.717, 1.165) is 30.7 Å². The summed E-state index contributed by atoms with van der Waals surface area (Å²) in [4.78, 5) is 0. The first-order valence-electron chi connectivity index (χ1n) is 8.07. The zero-order valence-corrected chi connectivity index (χ0v) is 15.9. The van der Waals surface area contributed by atoms with Gasteiger partial charge in [0.1, 0.15) is 6.54 Å². The van der Waals surface area contributed by atoms with Crippen LogP contribution in [0.3, 0.4) is 0 Å². The molecule has 0 spiro atoms. The molecule has 1 fully saturated rings. The van der Waals surface area contributed by atoms with Gasteiger partial charge in [0.25, 0.3) is 0 Å². The van der Waals surface area contributed by atoms with Crippen LogP contribution in [0.15, 0.2) is 0 Å². The Balaban J connectivity index is 2.32. The second-order valence-electron chi connectivity index (χ2n) is 7.78. The minimum absolute atomic E-state index is 0.0265. The van der Waals surface area contributed by atoms with E-state index in [2.05, 4.69) is 34.7 Å². The van der Waals surface area contributed by atoms with Gasteiger partial charge in [0, 0.05) is 7.11 Å². The Bertz CT molecular complexity index is 319. The lowest BCUT2D eigenvalue weighted by molar-refractivity contribution is -0.925. The molecule has 1 aliphatic rings. The van der Waals surface area contributed by atoms with Crippen LogP contribution in [-0.2, 0) is 14.2 Å². The van der Waals surface area contributed by atoms with E-state index >= 15 is 0 Å². The molecule has 1 rings (SSSR count). The number of rotatable bonds is 9. The molecule has 0 aromatic heterocycles. The smallest absolute Gasteiger partial charge is 0.102 e. The van der Waals surface area contributed by atoms with Gasteiger partial charge in [-0.2, -0.15) is 4.42 Å².